The Bertz CT molecular complexity index is 120. The molecule has 2 N–H and O–H groups in total. The summed E-state index contributed by atoms with van der Waals surface area (Å²) in [7, 11) is 0. The molecule has 0 aliphatic carbocycles. The van der Waals surface area contributed by atoms with Gasteiger partial charge in [-0.25, -0.2) is 0 Å². The van der Waals surface area contributed by atoms with Crippen LogP contribution in [0.5, 0.6) is 0 Å². The fraction of sp³-hybridized carbons (Fsp3) is 0.800. The van der Waals surface area contributed by atoms with Crippen LogP contribution < -0.4 is 5.32 Å². The molecule has 0 amide bonds. The largest absolute Gasteiger partial charge is 0.394 e. The van der Waals surface area contributed by atoms with Gasteiger partial charge in [-0.15, -0.1) is 6.58 Å². The molecule has 0 aromatic rings. The molecule has 0 rings (SSSR count). The van der Waals surface area contributed by atoms with Crippen LogP contribution in [0.15, 0.2) is 12.7 Å². The third kappa shape index (κ3) is 11.6. The lowest BCUT2D eigenvalue weighted by Gasteiger charge is -2.05. The minimum atomic E-state index is 0.0880. The average Bonchev–Trinajstić information content (AvgIpc) is 2.21. The van der Waals surface area contributed by atoms with Crippen molar-refractivity contribution in [3.8, 4) is 0 Å². The molecule has 0 saturated heterocycles. The SMILES string of the molecule is C=CCCOCCNCCOCCO. The lowest BCUT2D eigenvalue weighted by atomic mass is 10.4. The molecule has 0 radical (unpaired) electrons. The number of hydrogen-bond acceptors (Lipinski definition) is 4. The molecule has 14 heavy (non-hydrogen) atoms. The highest BCUT2D eigenvalue weighted by molar-refractivity contribution is 4.64. The van der Waals surface area contributed by atoms with E-state index in [2.05, 4.69) is 11.9 Å². The molecule has 4 heteroatoms. The van der Waals surface area contributed by atoms with Crippen molar-refractivity contribution in [2.24, 2.45) is 0 Å². The normalized spacial score (nSPS) is 10.4. The van der Waals surface area contributed by atoms with Crippen molar-refractivity contribution in [2.75, 3.05) is 46.1 Å². The van der Waals surface area contributed by atoms with Crippen LogP contribution in [0.1, 0.15) is 6.42 Å². The molecule has 0 spiro atoms. The van der Waals surface area contributed by atoms with Crippen LogP contribution in [0.2, 0.25) is 0 Å². The molecule has 0 aliphatic rings. The highest BCUT2D eigenvalue weighted by Gasteiger charge is 1.89. The smallest absolute Gasteiger partial charge is 0.0698 e. The van der Waals surface area contributed by atoms with Gasteiger partial charge in [0.05, 0.1) is 33.0 Å². The number of nitrogens with one attached hydrogen (secondary N) is 1. The highest BCUT2D eigenvalue weighted by atomic mass is 16.5. The van der Waals surface area contributed by atoms with Gasteiger partial charge in [0.15, 0.2) is 0 Å². The van der Waals surface area contributed by atoms with E-state index >= 15 is 0 Å². The monoisotopic (exact) mass is 203 g/mol. The molecule has 0 fully saturated rings. The van der Waals surface area contributed by atoms with Gasteiger partial charge >= 0.3 is 0 Å². The summed E-state index contributed by atoms with van der Waals surface area (Å²) in [6.45, 7) is 7.83. The van der Waals surface area contributed by atoms with Gasteiger partial charge in [-0.05, 0) is 6.42 Å². The highest BCUT2D eigenvalue weighted by Crippen LogP contribution is 1.81. The first kappa shape index (κ1) is 13.6. The zero-order valence-electron chi connectivity index (χ0n) is 8.71. The summed E-state index contributed by atoms with van der Waals surface area (Å²) < 4.78 is 10.3. The zero-order valence-corrected chi connectivity index (χ0v) is 8.71. The van der Waals surface area contributed by atoms with E-state index in [1.165, 1.54) is 0 Å². The Labute approximate surface area is 85.9 Å². The Morgan fingerprint density at radius 1 is 1.07 bits per heavy atom. The van der Waals surface area contributed by atoms with Crippen molar-refractivity contribution < 1.29 is 14.6 Å². The Morgan fingerprint density at radius 3 is 2.29 bits per heavy atom. The number of aliphatic hydroxyl groups excluding tert-OH is 1. The van der Waals surface area contributed by atoms with E-state index in [4.69, 9.17) is 14.6 Å². The van der Waals surface area contributed by atoms with Crippen LogP contribution in [0.4, 0.5) is 0 Å². The lowest BCUT2D eigenvalue weighted by molar-refractivity contribution is 0.0911. The molecule has 0 heterocycles. The van der Waals surface area contributed by atoms with Crippen LogP contribution in [-0.4, -0.2) is 51.2 Å². The van der Waals surface area contributed by atoms with E-state index in [0.29, 0.717) is 19.8 Å². The van der Waals surface area contributed by atoms with Gasteiger partial charge < -0.3 is 19.9 Å². The molecule has 0 atom stereocenters. The first-order valence-electron chi connectivity index (χ1n) is 4.99. The summed E-state index contributed by atoms with van der Waals surface area (Å²) in [5.74, 6) is 0. The van der Waals surface area contributed by atoms with Crippen LogP contribution in [0.25, 0.3) is 0 Å². The van der Waals surface area contributed by atoms with Gasteiger partial charge in [0.2, 0.25) is 0 Å². The van der Waals surface area contributed by atoms with E-state index in [1.54, 1.807) is 0 Å². The van der Waals surface area contributed by atoms with E-state index in [0.717, 1.165) is 26.1 Å². The van der Waals surface area contributed by atoms with Crippen molar-refractivity contribution in [1.29, 1.82) is 0 Å². The van der Waals surface area contributed by atoms with Gasteiger partial charge in [0.25, 0.3) is 0 Å². The first-order valence-corrected chi connectivity index (χ1v) is 4.99. The maximum absolute atomic E-state index is 8.42. The van der Waals surface area contributed by atoms with Gasteiger partial charge in [0, 0.05) is 13.1 Å². The average molecular weight is 203 g/mol. The van der Waals surface area contributed by atoms with Gasteiger partial charge in [-0.2, -0.15) is 0 Å². The second-order valence-electron chi connectivity index (χ2n) is 2.78. The Kier molecular flexibility index (Phi) is 12.2. The van der Waals surface area contributed by atoms with Crippen LogP contribution >= 0.6 is 0 Å². The topological polar surface area (TPSA) is 50.7 Å². The third-order valence-corrected chi connectivity index (χ3v) is 1.55. The second-order valence-corrected chi connectivity index (χ2v) is 2.78. The molecule has 84 valence electrons. The van der Waals surface area contributed by atoms with E-state index in [9.17, 15) is 0 Å². The number of aliphatic hydroxyl groups is 1. The Hall–Kier alpha value is -0.420. The molecule has 0 saturated carbocycles. The molecule has 0 bridgehead atoms. The molecule has 0 aliphatic heterocycles. The van der Waals surface area contributed by atoms with Crippen LogP contribution in [-0.2, 0) is 9.47 Å². The summed E-state index contributed by atoms with van der Waals surface area (Å²) in [5.41, 5.74) is 0. The molecular weight excluding hydrogens is 182 g/mol. The number of hydrogen-bond donors (Lipinski definition) is 2. The fourth-order valence-electron chi connectivity index (χ4n) is 0.849. The van der Waals surface area contributed by atoms with Gasteiger partial charge in [0.1, 0.15) is 0 Å². The lowest BCUT2D eigenvalue weighted by Crippen LogP contribution is -2.24. The predicted molar refractivity (Wildman–Crippen MR) is 56.4 cm³/mol. The number of ether oxygens (including phenoxy) is 2. The van der Waals surface area contributed by atoms with Crippen LogP contribution in [0, 0.1) is 0 Å². The summed E-state index contributed by atoms with van der Waals surface area (Å²) in [6.07, 6.45) is 2.75. The summed E-state index contributed by atoms with van der Waals surface area (Å²) in [4.78, 5) is 0. The van der Waals surface area contributed by atoms with Gasteiger partial charge in [-0.1, -0.05) is 6.08 Å². The summed E-state index contributed by atoms with van der Waals surface area (Å²) in [6, 6.07) is 0. The molecule has 0 aromatic heterocycles. The molecule has 0 aromatic carbocycles. The van der Waals surface area contributed by atoms with Crippen molar-refractivity contribution in [2.45, 2.75) is 6.42 Å². The van der Waals surface area contributed by atoms with Gasteiger partial charge in [-0.3, -0.25) is 0 Å². The Balaban J connectivity index is 2.81. The van der Waals surface area contributed by atoms with E-state index < -0.39 is 0 Å². The first-order chi connectivity index (χ1) is 6.91. The fourth-order valence-corrected chi connectivity index (χ4v) is 0.849. The van der Waals surface area contributed by atoms with E-state index in [1.807, 2.05) is 6.08 Å². The molecule has 4 nitrogen and oxygen atoms in total. The van der Waals surface area contributed by atoms with Crippen molar-refractivity contribution in [3.63, 3.8) is 0 Å². The van der Waals surface area contributed by atoms with E-state index in [-0.39, 0.29) is 6.61 Å². The third-order valence-electron chi connectivity index (χ3n) is 1.55. The van der Waals surface area contributed by atoms with Crippen molar-refractivity contribution >= 4 is 0 Å². The Morgan fingerprint density at radius 2 is 1.71 bits per heavy atom. The second kappa shape index (κ2) is 12.6. The van der Waals surface area contributed by atoms with Crippen LogP contribution in [0.3, 0.4) is 0 Å². The molecule has 0 unspecified atom stereocenters. The number of rotatable bonds is 11. The summed E-state index contributed by atoms with van der Waals surface area (Å²) >= 11 is 0. The van der Waals surface area contributed by atoms with Crippen molar-refractivity contribution in [1.82, 2.24) is 5.32 Å². The quantitative estimate of drug-likeness (QED) is 0.371. The standard InChI is InChI=1S/C10H21NO3/c1-2-3-7-13-8-4-11-5-9-14-10-6-12/h2,11-12H,1,3-10H2. The van der Waals surface area contributed by atoms with Crippen molar-refractivity contribution in [3.05, 3.63) is 12.7 Å². The maximum Gasteiger partial charge on any atom is 0.0698 e. The minimum Gasteiger partial charge on any atom is -0.394 e. The minimum absolute atomic E-state index is 0.0880. The maximum atomic E-state index is 8.42. The summed E-state index contributed by atoms with van der Waals surface area (Å²) in [5, 5.41) is 11.6. The zero-order chi connectivity index (χ0) is 10.5. The molecular formula is C10H21NO3. The predicted octanol–water partition coefficient (Wildman–Crippen LogP) is 0.178.